The van der Waals surface area contributed by atoms with Crippen molar-refractivity contribution in [1.82, 2.24) is 4.90 Å². The standard InChI is InChI=1S/C14H14N2/c1-10-6-7-12-9-16-8-4-3-5-13(16)15-14(12)11(10)2/h3-8H,9H2,1-2H3. The van der Waals surface area contributed by atoms with Crippen molar-refractivity contribution in [2.75, 3.05) is 0 Å². The zero-order valence-corrected chi connectivity index (χ0v) is 9.57. The molecule has 0 bridgehead atoms. The van der Waals surface area contributed by atoms with Gasteiger partial charge in [0.05, 0.1) is 12.2 Å². The molecule has 2 nitrogen and oxygen atoms in total. The molecule has 2 aliphatic heterocycles. The van der Waals surface area contributed by atoms with E-state index in [0.29, 0.717) is 0 Å². The lowest BCUT2D eigenvalue weighted by molar-refractivity contribution is 0.544. The zero-order valence-electron chi connectivity index (χ0n) is 9.57. The Kier molecular flexibility index (Phi) is 1.96. The van der Waals surface area contributed by atoms with Crippen molar-refractivity contribution in [3.05, 3.63) is 53.3 Å². The van der Waals surface area contributed by atoms with Crippen molar-refractivity contribution in [2.45, 2.75) is 20.4 Å². The Labute approximate surface area is 95.6 Å². The van der Waals surface area contributed by atoms with Crippen LogP contribution in [0.2, 0.25) is 0 Å². The molecule has 2 aliphatic rings. The first-order valence-electron chi connectivity index (χ1n) is 5.55. The number of hydrogen-bond acceptors (Lipinski definition) is 2. The molecule has 0 amide bonds. The van der Waals surface area contributed by atoms with Gasteiger partial charge in [0, 0.05) is 6.20 Å². The number of benzene rings is 1. The molecule has 16 heavy (non-hydrogen) atoms. The van der Waals surface area contributed by atoms with Crippen LogP contribution < -0.4 is 0 Å². The molecule has 0 N–H and O–H groups in total. The van der Waals surface area contributed by atoms with E-state index in [1.807, 2.05) is 12.2 Å². The Morgan fingerprint density at radius 2 is 2.06 bits per heavy atom. The second kappa shape index (κ2) is 3.34. The second-order valence-corrected chi connectivity index (χ2v) is 4.31. The van der Waals surface area contributed by atoms with Gasteiger partial charge in [-0.3, -0.25) is 0 Å². The maximum atomic E-state index is 4.73. The van der Waals surface area contributed by atoms with E-state index >= 15 is 0 Å². The lowest BCUT2D eigenvalue weighted by Crippen LogP contribution is -2.27. The molecule has 0 saturated heterocycles. The molecular formula is C14H14N2. The first-order valence-corrected chi connectivity index (χ1v) is 5.55. The van der Waals surface area contributed by atoms with Crippen LogP contribution in [0.1, 0.15) is 16.7 Å². The van der Waals surface area contributed by atoms with Crippen LogP contribution in [0.4, 0.5) is 5.69 Å². The SMILES string of the molecule is Cc1ccc2c(c1C)N=C1C=CC=CN1C2. The summed E-state index contributed by atoms with van der Waals surface area (Å²) in [5.74, 6) is 1.05. The summed E-state index contributed by atoms with van der Waals surface area (Å²) in [6.07, 6.45) is 8.22. The van der Waals surface area contributed by atoms with E-state index in [1.54, 1.807) is 0 Å². The number of nitrogens with zero attached hydrogens (tertiary/aromatic N) is 2. The van der Waals surface area contributed by atoms with Gasteiger partial charge in [-0.2, -0.15) is 0 Å². The molecule has 2 heterocycles. The summed E-state index contributed by atoms with van der Waals surface area (Å²) >= 11 is 0. The van der Waals surface area contributed by atoms with Crippen molar-refractivity contribution in [3.8, 4) is 0 Å². The molecule has 0 radical (unpaired) electrons. The lowest BCUT2D eigenvalue weighted by atomic mass is 10.0. The van der Waals surface area contributed by atoms with Crippen molar-refractivity contribution < 1.29 is 0 Å². The molecule has 0 saturated carbocycles. The van der Waals surface area contributed by atoms with Crippen LogP contribution in [0, 0.1) is 13.8 Å². The van der Waals surface area contributed by atoms with Gasteiger partial charge in [0.1, 0.15) is 5.84 Å². The van der Waals surface area contributed by atoms with Crippen LogP contribution >= 0.6 is 0 Å². The number of aryl methyl sites for hydroxylation is 1. The van der Waals surface area contributed by atoms with E-state index in [9.17, 15) is 0 Å². The number of allylic oxidation sites excluding steroid dienone is 2. The summed E-state index contributed by atoms with van der Waals surface area (Å²) in [6.45, 7) is 5.21. The van der Waals surface area contributed by atoms with Gasteiger partial charge in [-0.25, -0.2) is 4.99 Å². The molecule has 0 fully saturated rings. The molecule has 3 rings (SSSR count). The molecule has 0 atom stereocenters. The predicted octanol–water partition coefficient (Wildman–Crippen LogP) is 3.23. The smallest absolute Gasteiger partial charge is 0.133 e. The fourth-order valence-corrected chi connectivity index (χ4v) is 2.14. The third-order valence-electron chi connectivity index (χ3n) is 3.27. The highest BCUT2D eigenvalue weighted by atomic mass is 15.2. The van der Waals surface area contributed by atoms with Crippen LogP contribution in [0.15, 0.2) is 41.6 Å². The highest BCUT2D eigenvalue weighted by Gasteiger charge is 2.19. The van der Waals surface area contributed by atoms with E-state index in [4.69, 9.17) is 4.99 Å². The fourth-order valence-electron chi connectivity index (χ4n) is 2.14. The lowest BCUT2D eigenvalue weighted by Gasteiger charge is -2.28. The minimum absolute atomic E-state index is 0.927. The van der Waals surface area contributed by atoms with Crippen LogP contribution in [-0.4, -0.2) is 10.7 Å². The van der Waals surface area contributed by atoms with Gasteiger partial charge in [0.15, 0.2) is 0 Å². The van der Waals surface area contributed by atoms with Crippen LogP contribution in [0.25, 0.3) is 0 Å². The largest absolute Gasteiger partial charge is 0.329 e. The molecule has 2 heteroatoms. The van der Waals surface area contributed by atoms with E-state index in [-0.39, 0.29) is 0 Å². The summed E-state index contributed by atoms with van der Waals surface area (Å²) in [7, 11) is 0. The van der Waals surface area contributed by atoms with Gasteiger partial charge in [-0.1, -0.05) is 18.2 Å². The van der Waals surface area contributed by atoms with Crippen molar-refractivity contribution in [1.29, 1.82) is 0 Å². The second-order valence-electron chi connectivity index (χ2n) is 4.31. The maximum absolute atomic E-state index is 4.73. The summed E-state index contributed by atoms with van der Waals surface area (Å²) < 4.78 is 0. The van der Waals surface area contributed by atoms with Crippen LogP contribution in [0.3, 0.4) is 0 Å². The molecule has 1 aromatic carbocycles. The molecule has 0 aliphatic carbocycles. The molecular weight excluding hydrogens is 196 g/mol. The van der Waals surface area contributed by atoms with Crippen LogP contribution in [0.5, 0.6) is 0 Å². The number of aliphatic imine (C=N–C) groups is 1. The highest BCUT2D eigenvalue weighted by Crippen LogP contribution is 2.32. The quantitative estimate of drug-likeness (QED) is 0.642. The third kappa shape index (κ3) is 1.30. The predicted molar refractivity (Wildman–Crippen MR) is 66.8 cm³/mol. The summed E-state index contributed by atoms with van der Waals surface area (Å²) in [5.41, 5.74) is 5.08. The fraction of sp³-hybridized carbons (Fsp3) is 0.214. The Bertz CT molecular complexity index is 536. The first kappa shape index (κ1) is 9.40. The molecule has 80 valence electrons. The maximum Gasteiger partial charge on any atom is 0.133 e. The van der Waals surface area contributed by atoms with Gasteiger partial charge in [0.25, 0.3) is 0 Å². The van der Waals surface area contributed by atoms with E-state index < -0.39 is 0 Å². The number of fused-ring (bicyclic) bond motifs is 2. The Morgan fingerprint density at radius 3 is 2.94 bits per heavy atom. The molecule has 1 aromatic rings. The summed E-state index contributed by atoms with van der Waals surface area (Å²) in [4.78, 5) is 6.91. The Hall–Kier alpha value is -1.83. The molecule has 0 aromatic heterocycles. The molecule has 0 spiro atoms. The topological polar surface area (TPSA) is 15.6 Å². The van der Waals surface area contributed by atoms with E-state index in [2.05, 4.69) is 43.2 Å². The highest BCUT2D eigenvalue weighted by molar-refractivity contribution is 5.98. The van der Waals surface area contributed by atoms with E-state index in [0.717, 1.165) is 18.1 Å². The van der Waals surface area contributed by atoms with Gasteiger partial charge in [0.2, 0.25) is 0 Å². The summed E-state index contributed by atoms with van der Waals surface area (Å²) in [6, 6.07) is 4.36. The van der Waals surface area contributed by atoms with Gasteiger partial charge >= 0.3 is 0 Å². The number of rotatable bonds is 0. The third-order valence-corrected chi connectivity index (χ3v) is 3.27. The van der Waals surface area contributed by atoms with Gasteiger partial charge in [-0.15, -0.1) is 0 Å². The zero-order chi connectivity index (χ0) is 11.1. The molecule has 0 unspecified atom stereocenters. The monoisotopic (exact) mass is 210 g/mol. The number of amidine groups is 1. The van der Waals surface area contributed by atoms with Gasteiger partial charge in [-0.05, 0) is 42.7 Å². The van der Waals surface area contributed by atoms with Gasteiger partial charge < -0.3 is 4.90 Å². The minimum Gasteiger partial charge on any atom is -0.329 e. The van der Waals surface area contributed by atoms with Crippen molar-refractivity contribution in [2.24, 2.45) is 4.99 Å². The first-order chi connectivity index (χ1) is 7.75. The minimum atomic E-state index is 0.927. The van der Waals surface area contributed by atoms with E-state index in [1.165, 1.54) is 16.7 Å². The van der Waals surface area contributed by atoms with Crippen molar-refractivity contribution in [3.63, 3.8) is 0 Å². The van der Waals surface area contributed by atoms with Crippen molar-refractivity contribution >= 4 is 11.5 Å². The van der Waals surface area contributed by atoms with Crippen LogP contribution in [-0.2, 0) is 6.54 Å². The number of hydrogen-bond donors (Lipinski definition) is 0. The normalized spacial score (nSPS) is 16.9. The average molecular weight is 210 g/mol. The Morgan fingerprint density at radius 1 is 1.19 bits per heavy atom. The Balaban J connectivity index is 2.18. The summed E-state index contributed by atoms with van der Waals surface area (Å²) in [5, 5.41) is 0. The average Bonchev–Trinajstić information content (AvgIpc) is 2.32.